The summed E-state index contributed by atoms with van der Waals surface area (Å²) in [5.74, 6) is 1.21. The highest BCUT2D eigenvalue weighted by molar-refractivity contribution is 5.39. The Balaban J connectivity index is 1.89. The molecule has 0 radical (unpaired) electrons. The Hall–Kier alpha value is -1.38. The first-order valence-electron chi connectivity index (χ1n) is 7.37. The Kier molecular flexibility index (Phi) is 2.51. The van der Waals surface area contributed by atoms with Crippen molar-refractivity contribution >= 4 is 0 Å². The summed E-state index contributed by atoms with van der Waals surface area (Å²) in [6, 6.07) is 10.5. The molecule has 1 heterocycles. The van der Waals surface area contributed by atoms with Crippen molar-refractivity contribution in [1.29, 1.82) is 0 Å². The summed E-state index contributed by atoms with van der Waals surface area (Å²) in [5, 5.41) is 11.1. The molecule has 0 spiro atoms. The number of ether oxygens (including phenoxy) is 1. The molecular weight excluding hydrogens is 248 g/mol. The zero-order valence-corrected chi connectivity index (χ0v) is 11.7. The van der Waals surface area contributed by atoms with Gasteiger partial charge in [0.25, 0.3) is 0 Å². The van der Waals surface area contributed by atoms with Gasteiger partial charge in [0.05, 0.1) is 12.7 Å². The van der Waals surface area contributed by atoms with Gasteiger partial charge in [-0.15, -0.1) is 6.58 Å². The van der Waals surface area contributed by atoms with Crippen molar-refractivity contribution in [1.82, 2.24) is 0 Å². The molecule has 2 fully saturated rings. The predicted octanol–water partition coefficient (Wildman–Crippen LogP) is 2.91. The van der Waals surface area contributed by atoms with E-state index in [1.807, 2.05) is 6.07 Å². The first-order valence-corrected chi connectivity index (χ1v) is 7.37. The molecule has 0 unspecified atom stereocenters. The van der Waals surface area contributed by atoms with Gasteiger partial charge in [-0.25, -0.2) is 0 Å². The maximum Gasteiger partial charge on any atom is 0.116 e. The number of aliphatic hydroxyl groups is 1. The van der Waals surface area contributed by atoms with Crippen LogP contribution in [0.5, 0.6) is 0 Å². The van der Waals surface area contributed by atoms with E-state index in [0.717, 1.165) is 6.61 Å². The van der Waals surface area contributed by atoms with Gasteiger partial charge in [-0.05, 0) is 24.3 Å². The molecule has 20 heavy (non-hydrogen) atoms. The smallest absolute Gasteiger partial charge is 0.116 e. The van der Waals surface area contributed by atoms with Crippen molar-refractivity contribution in [2.24, 2.45) is 17.8 Å². The van der Waals surface area contributed by atoms with E-state index >= 15 is 0 Å². The third-order valence-corrected chi connectivity index (χ3v) is 5.57. The van der Waals surface area contributed by atoms with Crippen molar-refractivity contribution in [3.05, 3.63) is 60.2 Å². The van der Waals surface area contributed by atoms with Gasteiger partial charge in [0.15, 0.2) is 0 Å². The fourth-order valence-electron chi connectivity index (χ4n) is 4.73. The number of hydrogen-bond donors (Lipinski definition) is 1. The number of hydrogen-bond acceptors (Lipinski definition) is 2. The van der Waals surface area contributed by atoms with Gasteiger partial charge in [-0.3, -0.25) is 0 Å². The third kappa shape index (κ3) is 1.36. The molecule has 4 aliphatic rings. The lowest BCUT2D eigenvalue weighted by Crippen LogP contribution is -2.59. The van der Waals surface area contributed by atoms with Crippen LogP contribution < -0.4 is 0 Å². The molecule has 1 aliphatic heterocycles. The monoisotopic (exact) mass is 268 g/mol. The van der Waals surface area contributed by atoms with E-state index in [1.54, 1.807) is 6.08 Å². The lowest BCUT2D eigenvalue weighted by Gasteiger charge is -2.53. The van der Waals surface area contributed by atoms with E-state index in [0.29, 0.717) is 17.8 Å². The highest BCUT2D eigenvalue weighted by atomic mass is 16.5. The Labute approximate surface area is 119 Å². The average molecular weight is 268 g/mol. The Bertz CT molecular complexity index is 576. The molecule has 0 amide bonds. The summed E-state index contributed by atoms with van der Waals surface area (Å²) >= 11 is 0. The van der Waals surface area contributed by atoms with E-state index < -0.39 is 5.60 Å². The minimum Gasteiger partial charge on any atom is -0.382 e. The summed E-state index contributed by atoms with van der Waals surface area (Å²) in [6.45, 7) is 6.81. The van der Waals surface area contributed by atoms with E-state index in [-0.39, 0.29) is 12.0 Å². The van der Waals surface area contributed by atoms with E-state index in [4.69, 9.17) is 4.74 Å². The van der Waals surface area contributed by atoms with Crippen LogP contribution in [0.15, 0.2) is 54.6 Å². The molecule has 5 rings (SSSR count). The van der Waals surface area contributed by atoms with Crippen LogP contribution in [0.25, 0.3) is 0 Å². The van der Waals surface area contributed by atoms with Gasteiger partial charge in [0, 0.05) is 11.8 Å². The van der Waals surface area contributed by atoms with E-state index in [1.165, 1.54) is 11.1 Å². The molecule has 1 saturated carbocycles. The zero-order valence-electron chi connectivity index (χ0n) is 11.7. The van der Waals surface area contributed by atoms with Crippen molar-refractivity contribution in [3.8, 4) is 0 Å². The first-order chi connectivity index (χ1) is 9.66. The SMILES string of the molecule is C=C[C@]1(O)[C@@H]2C=C(C)[C@H]3[C@H](CO[C@H]31)[C@H]2c1ccccc1. The summed E-state index contributed by atoms with van der Waals surface area (Å²) < 4.78 is 5.98. The molecule has 3 aliphatic carbocycles. The van der Waals surface area contributed by atoms with Crippen LogP contribution in [-0.2, 0) is 4.74 Å². The first kappa shape index (κ1) is 12.4. The fourth-order valence-corrected chi connectivity index (χ4v) is 4.73. The van der Waals surface area contributed by atoms with Crippen molar-refractivity contribution < 1.29 is 9.84 Å². The second kappa shape index (κ2) is 4.06. The molecular formula is C18H20O2. The normalized spacial score (nSPS) is 45.3. The lowest BCUT2D eigenvalue weighted by molar-refractivity contribution is -0.107. The molecule has 0 aromatic heterocycles. The molecule has 1 N–H and O–H groups in total. The topological polar surface area (TPSA) is 29.5 Å². The largest absolute Gasteiger partial charge is 0.382 e. The summed E-state index contributed by atoms with van der Waals surface area (Å²) in [5.41, 5.74) is 1.75. The maximum absolute atomic E-state index is 11.1. The summed E-state index contributed by atoms with van der Waals surface area (Å²) in [6.07, 6.45) is 3.85. The minimum atomic E-state index is -0.933. The van der Waals surface area contributed by atoms with Crippen LogP contribution in [0.2, 0.25) is 0 Å². The number of rotatable bonds is 2. The molecule has 2 heteroatoms. The van der Waals surface area contributed by atoms with Gasteiger partial charge in [0.1, 0.15) is 5.60 Å². The van der Waals surface area contributed by atoms with Gasteiger partial charge >= 0.3 is 0 Å². The molecule has 2 nitrogen and oxygen atoms in total. The van der Waals surface area contributed by atoms with Crippen LogP contribution >= 0.6 is 0 Å². The molecule has 1 aromatic rings. The van der Waals surface area contributed by atoms with Gasteiger partial charge < -0.3 is 9.84 Å². The third-order valence-electron chi connectivity index (χ3n) is 5.57. The minimum absolute atomic E-state index is 0.0740. The van der Waals surface area contributed by atoms with Crippen LogP contribution in [0, 0.1) is 17.8 Å². The van der Waals surface area contributed by atoms with Crippen LogP contribution in [0.4, 0.5) is 0 Å². The lowest BCUT2D eigenvalue weighted by atomic mass is 9.52. The molecule has 1 saturated heterocycles. The van der Waals surface area contributed by atoms with Crippen molar-refractivity contribution in [2.75, 3.05) is 6.61 Å². The molecule has 6 atom stereocenters. The maximum atomic E-state index is 11.1. The second-order valence-corrected chi connectivity index (χ2v) is 6.41. The van der Waals surface area contributed by atoms with Crippen LogP contribution in [-0.4, -0.2) is 23.4 Å². The van der Waals surface area contributed by atoms with Gasteiger partial charge in [-0.2, -0.15) is 0 Å². The number of benzene rings is 1. The zero-order chi connectivity index (χ0) is 13.9. The van der Waals surface area contributed by atoms with E-state index in [2.05, 4.69) is 43.8 Å². The van der Waals surface area contributed by atoms with E-state index in [9.17, 15) is 5.11 Å². The average Bonchev–Trinajstić information content (AvgIpc) is 2.89. The van der Waals surface area contributed by atoms with Gasteiger partial charge in [0.2, 0.25) is 0 Å². The highest BCUT2D eigenvalue weighted by Crippen LogP contribution is 2.60. The second-order valence-electron chi connectivity index (χ2n) is 6.41. The predicted molar refractivity (Wildman–Crippen MR) is 78.3 cm³/mol. The Morgan fingerprint density at radius 2 is 2.05 bits per heavy atom. The van der Waals surface area contributed by atoms with Crippen LogP contribution in [0.3, 0.4) is 0 Å². The summed E-state index contributed by atoms with van der Waals surface area (Å²) in [4.78, 5) is 0. The quantitative estimate of drug-likeness (QED) is 0.836. The van der Waals surface area contributed by atoms with Crippen molar-refractivity contribution in [2.45, 2.75) is 24.5 Å². The molecule has 1 aromatic carbocycles. The Morgan fingerprint density at radius 1 is 1.30 bits per heavy atom. The van der Waals surface area contributed by atoms with Crippen molar-refractivity contribution in [3.63, 3.8) is 0 Å². The highest BCUT2D eigenvalue weighted by Gasteiger charge is 2.63. The van der Waals surface area contributed by atoms with Crippen LogP contribution in [0.1, 0.15) is 18.4 Å². The molecule has 104 valence electrons. The van der Waals surface area contributed by atoms with Gasteiger partial charge in [-0.1, -0.05) is 48.1 Å². The fraction of sp³-hybridized carbons (Fsp3) is 0.444. The Morgan fingerprint density at radius 3 is 2.75 bits per heavy atom. The molecule has 4 bridgehead atoms. The summed E-state index contributed by atoms with van der Waals surface area (Å²) in [7, 11) is 0. The standard InChI is InChI=1S/C18H20O2/c1-3-18(19)14-9-11(2)15-13(10-20-17(15)18)16(14)12-7-5-4-6-8-12/h3-9,13-17,19H,1,10H2,2H3/t13-,14+,15-,16+,17+,18-/m0/s1.